The Bertz CT molecular complexity index is 365. The fourth-order valence-corrected chi connectivity index (χ4v) is 2.35. The first-order valence-corrected chi connectivity index (χ1v) is 7.19. The monoisotopic (exact) mass is 283 g/mol. The van der Waals surface area contributed by atoms with Gasteiger partial charge in [-0.2, -0.15) is 0 Å². The van der Waals surface area contributed by atoms with Gasteiger partial charge in [0.2, 0.25) is 0 Å². The smallest absolute Gasteiger partial charge is 0.171 e. The lowest BCUT2D eigenvalue weighted by molar-refractivity contribution is -0.121. The molecule has 20 heavy (non-hydrogen) atoms. The number of hydrogen-bond acceptors (Lipinski definition) is 3. The molecule has 1 N–H and O–H groups in total. The van der Waals surface area contributed by atoms with Crippen LogP contribution in [0.2, 0.25) is 0 Å². The zero-order valence-electron chi connectivity index (χ0n) is 12.9. The lowest BCUT2D eigenvalue weighted by Crippen LogP contribution is -2.41. The lowest BCUT2D eigenvalue weighted by atomic mass is 10.00. The van der Waals surface area contributed by atoms with Crippen LogP contribution in [-0.2, 0) is 9.47 Å². The highest BCUT2D eigenvalue weighted by Crippen LogP contribution is 2.21. The molecule has 0 amide bonds. The van der Waals surface area contributed by atoms with Crippen molar-refractivity contribution in [2.45, 2.75) is 51.5 Å². The minimum absolute atomic E-state index is 0.0527. The number of rotatable bonds is 9. The van der Waals surface area contributed by atoms with Crippen LogP contribution < -0.4 is 5.32 Å². The van der Waals surface area contributed by atoms with Crippen molar-refractivity contribution in [3.63, 3.8) is 0 Å². The van der Waals surface area contributed by atoms with Crippen molar-refractivity contribution >= 4 is 0 Å². The van der Waals surface area contributed by atoms with Crippen LogP contribution in [0.5, 0.6) is 0 Å². The molecule has 0 aliphatic carbocycles. The van der Waals surface area contributed by atoms with Gasteiger partial charge in [0, 0.05) is 20.3 Å². The van der Waals surface area contributed by atoms with Crippen LogP contribution in [0.25, 0.3) is 0 Å². The predicted molar refractivity (Wildman–Crippen MR) is 79.1 cm³/mol. The van der Waals surface area contributed by atoms with E-state index in [-0.39, 0.29) is 24.2 Å². The van der Waals surface area contributed by atoms with Gasteiger partial charge in [-0.05, 0) is 31.0 Å². The zero-order valence-corrected chi connectivity index (χ0v) is 12.9. The third-order valence-electron chi connectivity index (χ3n) is 3.46. The number of methoxy groups -OCH3 is 2. The lowest BCUT2D eigenvalue weighted by Gasteiger charge is -2.28. The molecule has 0 fully saturated rings. The highest BCUT2D eigenvalue weighted by Gasteiger charge is 2.20. The molecule has 1 rings (SSSR count). The molecule has 3 nitrogen and oxygen atoms in total. The summed E-state index contributed by atoms with van der Waals surface area (Å²) in [4.78, 5) is 0. The third-order valence-corrected chi connectivity index (χ3v) is 3.46. The summed E-state index contributed by atoms with van der Waals surface area (Å²) in [7, 11) is 3.26. The molecule has 1 aromatic rings. The molecule has 0 heterocycles. The molecule has 1 aromatic carbocycles. The van der Waals surface area contributed by atoms with Crippen LogP contribution in [0.15, 0.2) is 24.3 Å². The summed E-state index contributed by atoms with van der Waals surface area (Å²) in [6, 6.07) is 6.92. The number of hydrogen-bond donors (Lipinski definition) is 1. The molecule has 0 radical (unpaired) electrons. The Morgan fingerprint density at radius 3 is 2.25 bits per heavy atom. The van der Waals surface area contributed by atoms with E-state index in [1.807, 2.05) is 19.1 Å². The molecule has 2 atom stereocenters. The minimum Gasteiger partial charge on any atom is -0.354 e. The van der Waals surface area contributed by atoms with E-state index in [1.165, 1.54) is 12.1 Å². The Hall–Kier alpha value is -0.970. The Morgan fingerprint density at radius 2 is 1.75 bits per heavy atom. The number of unbranched alkanes of at least 4 members (excludes halogenated alkanes) is 1. The van der Waals surface area contributed by atoms with E-state index in [0.717, 1.165) is 24.8 Å². The maximum atomic E-state index is 13.0. The summed E-state index contributed by atoms with van der Waals surface area (Å²) in [5.74, 6) is -0.206. The highest BCUT2D eigenvalue weighted by molar-refractivity contribution is 5.20. The summed E-state index contributed by atoms with van der Waals surface area (Å²) >= 11 is 0. The summed E-state index contributed by atoms with van der Waals surface area (Å²) in [6.45, 7) is 4.19. The summed E-state index contributed by atoms with van der Waals surface area (Å²) in [6.07, 6.45) is 2.96. The molecule has 0 bridgehead atoms. The average molecular weight is 283 g/mol. The molecule has 0 saturated carbocycles. The van der Waals surface area contributed by atoms with E-state index in [9.17, 15) is 4.39 Å². The fraction of sp³-hybridized carbons (Fsp3) is 0.625. The Morgan fingerprint density at radius 1 is 1.15 bits per heavy atom. The van der Waals surface area contributed by atoms with Crippen LogP contribution in [0.1, 0.15) is 44.7 Å². The van der Waals surface area contributed by atoms with Gasteiger partial charge in [-0.3, -0.25) is 0 Å². The second-order valence-electron chi connectivity index (χ2n) is 5.04. The highest BCUT2D eigenvalue weighted by atomic mass is 19.1. The van der Waals surface area contributed by atoms with Crippen LogP contribution in [-0.4, -0.2) is 26.6 Å². The molecular weight excluding hydrogens is 257 g/mol. The summed E-state index contributed by atoms with van der Waals surface area (Å²) in [5, 5.41) is 3.52. The number of nitrogens with one attached hydrogen (secondary N) is 1. The normalized spacial score (nSPS) is 14.5. The Kier molecular flexibility index (Phi) is 7.73. The molecule has 0 aliphatic rings. The predicted octanol–water partition coefficient (Wildman–Crippen LogP) is 3.65. The fourth-order valence-electron chi connectivity index (χ4n) is 2.35. The number of benzene rings is 1. The van der Waals surface area contributed by atoms with E-state index in [1.54, 1.807) is 14.2 Å². The molecule has 4 heteroatoms. The molecule has 0 aliphatic heterocycles. The molecule has 0 spiro atoms. The zero-order chi connectivity index (χ0) is 15.0. The number of ether oxygens (including phenoxy) is 2. The van der Waals surface area contributed by atoms with Crippen molar-refractivity contribution in [3.05, 3.63) is 35.6 Å². The van der Waals surface area contributed by atoms with Gasteiger partial charge in [-0.15, -0.1) is 0 Å². The molecule has 114 valence electrons. The maximum absolute atomic E-state index is 13.0. The van der Waals surface area contributed by atoms with E-state index in [4.69, 9.17) is 9.47 Å². The van der Waals surface area contributed by atoms with E-state index < -0.39 is 0 Å². The van der Waals surface area contributed by atoms with Crippen molar-refractivity contribution in [3.8, 4) is 0 Å². The molecule has 0 saturated heterocycles. The first kappa shape index (κ1) is 17.1. The molecular formula is C16H26FNO2. The third kappa shape index (κ3) is 5.19. The van der Waals surface area contributed by atoms with Gasteiger partial charge in [0.15, 0.2) is 6.29 Å². The van der Waals surface area contributed by atoms with Crippen LogP contribution in [0.3, 0.4) is 0 Å². The summed E-state index contributed by atoms with van der Waals surface area (Å²) in [5.41, 5.74) is 1.10. The van der Waals surface area contributed by atoms with Gasteiger partial charge in [0.1, 0.15) is 5.82 Å². The summed E-state index contributed by atoms with van der Waals surface area (Å²) < 4.78 is 23.6. The van der Waals surface area contributed by atoms with Crippen molar-refractivity contribution < 1.29 is 13.9 Å². The van der Waals surface area contributed by atoms with Crippen molar-refractivity contribution in [1.29, 1.82) is 0 Å². The van der Waals surface area contributed by atoms with Crippen LogP contribution in [0.4, 0.5) is 4.39 Å². The molecule has 2 unspecified atom stereocenters. The van der Waals surface area contributed by atoms with E-state index >= 15 is 0 Å². The topological polar surface area (TPSA) is 30.5 Å². The van der Waals surface area contributed by atoms with E-state index in [2.05, 4.69) is 12.2 Å². The maximum Gasteiger partial charge on any atom is 0.171 e. The van der Waals surface area contributed by atoms with Gasteiger partial charge >= 0.3 is 0 Å². The van der Waals surface area contributed by atoms with Gasteiger partial charge in [-0.1, -0.05) is 31.9 Å². The molecule has 0 aromatic heterocycles. The van der Waals surface area contributed by atoms with Gasteiger partial charge in [0.25, 0.3) is 0 Å². The Balaban J connectivity index is 2.75. The SMILES string of the molecule is CCCCC(NC(C)C(OC)OC)c1ccc(F)cc1. The first-order valence-electron chi connectivity index (χ1n) is 7.19. The van der Waals surface area contributed by atoms with Crippen molar-refractivity contribution in [1.82, 2.24) is 5.32 Å². The van der Waals surface area contributed by atoms with Crippen LogP contribution >= 0.6 is 0 Å². The second-order valence-corrected chi connectivity index (χ2v) is 5.04. The minimum atomic E-state index is -0.292. The standard InChI is InChI=1S/C16H26FNO2/c1-5-6-7-15(13-8-10-14(17)11-9-13)18-12(2)16(19-3)20-4/h8-12,15-16,18H,5-7H2,1-4H3. The van der Waals surface area contributed by atoms with Gasteiger partial charge in [-0.25, -0.2) is 4.39 Å². The quantitative estimate of drug-likeness (QED) is 0.702. The first-order chi connectivity index (χ1) is 9.62. The van der Waals surface area contributed by atoms with Gasteiger partial charge in [0.05, 0.1) is 6.04 Å². The average Bonchev–Trinajstić information content (AvgIpc) is 2.45. The second kappa shape index (κ2) is 9.06. The van der Waals surface area contributed by atoms with Crippen molar-refractivity contribution in [2.24, 2.45) is 0 Å². The largest absolute Gasteiger partial charge is 0.354 e. The Labute approximate surface area is 121 Å². The van der Waals surface area contributed by atoms with E-state index in [0.29, 0.717) is 0 Å². The van der Waals surface area contributed by atoms with Gasteiger partial charge < -0.3 is 14.8 Å². The van der Waals surface area contributed by atoms with Crippen LogP contribution in [0, 0.1) is 5.82 Å². The number of halogens is 1. The van der Waals surface area contributed by atoms with Crippen molar-refractivity contribution in [2.75, 3.05) is 14.2 Å².